The maximum absolute atomic E-state index is 12.1. The number of hydrogen-bond acceptors (Lipinski definition) is 7. The summed E-state index contributed by atoms with van der Waals surface area (Å²) < 4.78 is 15.7. The monoisotopic (exact) mass is 440 g/mol. The van der Waals surface area contributed by atoms with E-state index in [0.29, 0.717) is 22.9 Å². The fourth-order valence-corrected chi connectivity index (χ4v) is 3.72. The number of esters is 1. The average molecular weight is 441 g/mol. The zero-order chi connectivity index (χ0) is 22.2. The normalized spacial score (nSPS) is 10.4. The molecule has 7 nitrogen and oxygen atoms in total. The molecule has 3 rings (SSSR count). The van der Waals surface area contributed by atoms with Crippen molar-refractivity contribution in [3.05, 3.63) is 59.1 Å². The number of anilines is 1. The first-order valence-corrected chi connectivity index (χ1v) is 10.6. The molecule has 0 spiro atoms. The number of ether oxygens (including phenoxy) is 3. The fraction of sp³-hybridized carbons (Fsp3) is 0.261. The summed E-state index contributed by atoms with van der Waals surface area (Å²) in [6.07, 6.45) is 0.861. The van der Waals surface area contributed by atoms with Gasteiger partial charge in [0.25, 0.3) is 5.91 Å². The second-order valence-electron chi connectivity index (χ2n) is 6.65. The number of benzene rings is 2. The summed E-state index contributed by atoms with van der Waals surface area (Å²) in [5.74, 6) is 0.338. The van der Waals surface area contributed by atoms with Crippen LogP contribution in [0.1, 0.15) is 18.2 Å². The number of rotatable bonds is 9. The minimum atomic E-state index is -0.512. The molecule has 1 N–H and O–H groups in total. The van der Waals surface area contributed by atoms with Crippen LogP contribution in [0.3, 0.4) is 0 Å². The lowest BCUT2D eigenvalue weighted by atomic mass is 10.1. The highest BCUT2D eigenvalue weighted by Crippen LogP contribution is 2.33. The molecule has 0 saturated carbocycles. The first-order chi connectivity index (χ1) is 15.0. The summed E-state index contributed by atoms with van der Waals surface area (Å²) in [5, 5.41) is 5.27. The maximum atomic E-state index is 12.1. The molecule has 0 bridgehead atoms. The van der Waals surface area contributed by atoms with Gasteiger partial charge in [-0.3, -0.25) is 9.59 Å². The van der Waals surface area contributed by atoms with Gasteiger partial charge in [-0.15, -0.1) is 11.3 Å². The Kier molecular flexibility index (Phi) is 7.61. The fourth-order valence-electron chi connectivity index (χ4n) is 2.90. The van der Waals surface area contributed by atoms with Gasteiger partial charge < -0.3 is 19.5 Å². The molecule has 0 aliphatic carbocycles. The van der Waals surface area contributed by atoms with E-state index in [1.807, 2.05) is 37.3 Å². The van der Waals surface area contributed by atoms with E-state index >= 15 is 0 Å². The van der Waals surface area contributed by atoms with Gasteiger partial charge in [0.1, 0.15) is 5.01 Å². The Morgan fingerprint density at radius 1 is 1.06 bits per heavy atom. The Hall–Kier alpha value is -3.39. The number of nitrogens with one attached hydrogen (secondary N) is 1. The lowest BCUT2D eigenvalue weighted by Crippen LogP contribution is -2.21. The van der Waals surface area contributed by atoms with Crippen molar-refractivity contribution in [2.24, 2.45) is 0 Å². The van der Waals surface area contributed by atoms with E-state index in [-0.39, 0.29) is 18.9 Å². The van der Waals surface area contributed by atoms with Crippen molar-refractivity contribution in [1.29, 1.82) is 0 Å². The third kappa shape index (κ3) is 6.05. The number of thiazole rings is 1. The molecule has 0 aliphatic rings. The van der Waals surface area contributed by atoms with Gasteiger partial charge in [-0.25, -0.2) is 4.98 Å². The highest BCUT2D eigenvalue weighted by Gasteiger charge is 2.14. The van der Waals surface area contributed by atoms with Gasteiger partial charge in [-0.2, -0.15) is 0 Å². The third-order valence-corrected chi connectivity index (χ3v) is 5.43. The van der Waals surface area contributed by atoms with E-state index in [4.69, 9.17) is 14.2 Å². The molecular formula is C23H24N2O5S. The molecule has 1 heterocycles. The number of methoxy groups -OCH3 is 2. The van der Waals surface area contributed by atoms with Crippen molar-refractivity contribution in [1.82, 2.24) is 4.98 Å². The lowest BCUT2D eigenvalue weighted by Gasteiger charge is -2.08. The molecule has 0 unspecified atom stereocenters. The van der Waals surface area contributed by atoms with Crippen molar-refractivity contribution in [3.8, 4) is 22.1 Å². The molecule has 0 fully saturated rings. The molecule has 0 aliphatic heterocycles. The highest BCUT2D eigenvalue weighted by atomic mass is 32.1. The molecular weight excluding hydrogens is 416 g/mol. The van der Waals surface area contributed by atoms with Crippen LogP contribution in [0.2, 0.25) is 0 Å². The zero-order valence-electron chi connectivity index (χ0n) is 17.6. The summed E-state index contributed by atoms with van der Waals surface area (Å²) in [7, 11) is 3.15. The molecule has 3 aromatic rings. The Morgan fingerprint density at radius 3 is 2.61 bits per heavy atom. The van der Waals surface area contributed by atoms with Crippen molar-refractivity contribution < 1.29 is 23.8 Å². The zero-order valence-corrected chi connectivity index (χ0v) is 18.5. The summed E-state index contributed by atoms with van der Waals surface area (Å²) in [4.78, 5) is 28.7. The number of hydrogen-bond donors (Lipinski definition) is 1. The quantitative estimate of drug-likeness (QED) is 0.504. The standard InChI is InChI=1S/C23H24N2O5S/c1-4-15-6-5-7-17(10-15)24-21(26)13-30-22(27)12-18-14-31-23(25-18)16-8-9-19(28-2)20(11-16)29-3/h5-11,14H,4,12-13H2,1-3H3,(H,24,26). The smallest absolute Gasteiger partial charge is 0.312 e. The minimum absolute atomic E-state index is 0.0115. The van der Waals surface area contributed by atoms with Gasteiger partial charge >= 0.3 is 5.97 Å². The van der Waals surface area contributed by atoms with E-state index in [9.17, 15) is 9.59 Å². The Bertz CT molecular complexity index is 1060. The van der Waals surface area contributed by atoms with E-state index in [2.05, 4.69) is 10.3 Å². The van der Waals surface area contributed by atoms with Crippen LogP contribution in [-0.4, -0.2) is 37.7 Å². The van der Waals surface area contributed by atoms with Gasteiger partial charge in [0.2, 0.25) is 0 Å². The lowest BCUT2D eigenvalue weighted by molar-refractivity contribution is -0.146. The predicted molar refractivity (Wildman–Crippen MR) is 120 cm³/mol. The molecule has 2 aromatic carbocycles. The summed E-state index contributed by atoms with van der Waals surface area (Å²) in [6.45, 7) is 1.69. The largest absolute Gasteiger partial charge is 0.493 e. The minimum Gasteiger partial charge on any atom is -0.493 e. The van der Waals surface area contributed by atoms with Crippen molar-refractivity contribution >= 4 is 28.9 Å². The van der Waals surface area contributed by atoms with E-state index in [0.717, 1.165) is 22.6 Å². The first-order valence-electron chi connectivity index (χ1n) is 9.73. The molecule has 0 radical (unpaired) electrons. The van der Waals surface area contributed by atoms with Gasteiger partial charge in [0.15, 0.2) is 18.1 Å². The van der Waals surface area contributed by atoms with Crippen LogP contribution in [0.25, 0.3) is 10.6 Å². The Balaban J connectivity index is 1.53. The van der Waals surface area contributed by atoms with Gasteiger partial charge in [-0.05, 0) is 42.3 Å². The maximum Gasteiger partial charge on any atom is 0.312 e. The number of amides is 1. The highest BCUT2D eigenvalue weighted by molar-refractivity contribution is 7.13. The third-order valence-electron chi connectivity index (χ3n) is 4.49. The van der Waals surface area contributed by atoms with Crippen LogP contribution in [0.5, 0.6) is 11.5 Å². The topological polar surface area (TPSA) is 86.8 Å². The number of aryl methyl sites for hydroxylation is 1. The molecule has 31 heavy (non-hydrogen) atoms. The van der Waals surface area contributed by atoms with Crippen molar-refractivity contribution in [2.45, 2.75) is 19.8 Å². The second kappa shape index (κ2) is 10.6. The van der Waals surface area contributed by atoms with Crippen LogP contribution in [0, 0.1) is 0 Å². The molecule has 0 saturated heterocycles. The SMILES string of the molecule is CCc1cccc(NC(=O)COC(=O)Cc2csc(-c3ccc(OC)c(OC)c3)n2)c1. The van der Waals surface area contributed by atoms with Crippen LogP contribution >= 0.6 is 11.3 Å². The van der Waals surface area contributed by atoms with Crippen molar-refractivity contribution in [2.75, 3.05) is 26.1 Å². The number of carbonyl (C=O) groups excluding carboxylic acids is 2. The van der Waals surface area contributed by atoms with Gasteiger partial charge in [0, 0.05) is 16.6 Å². The molecule has 1 aromatic heterocycles. The average Bonchev–Trinajstić information content (AvgIpc) is 3.25. The summed E-state index contributed by atoms with van der Waals surface area (Å²) >= 11 is 1.41. The first kappa shape index (κ1) is 22.3. The van der Waals surface area contributed by atoms with E-state index in [1.54, 1.807) is 31.7 Å². The molecule has 1 amide bonds. The van der Waals surface area contributed by atoms with Gasteiger partial charge in [-0.1, -0.05) is 19.1 Å². The van der Waals surface area contributed by atoms with Crippen molar-refractivity contribution in [3.63, 3.8) is 0 Å². The van der Waals surface area contributed by atoms with Gasteiger partial charge in [0.05, 0.1) is 26.3 Å². The Labute approximate surface area is 185 Å². The van der Waals surface area contributed by atoms with Crippen LogP contribution in [0.4, 0.5) is 5.69 Å². The molecule has 162 valence electrons. The predicted octanol–water partition coefficient (Wildman–Crippen LogP) is 4.11. The van der Waals surface area contributed by atoms with Crippen LogP contribution in [-0.2, 0) is 27.2 Å². The molecule has 0 atom stereocenters. The second-order valence-corrected chi connectivity index (χ2v) is 7.51. The number of aromatic nitrogens is 1. The van der Waals surface area contributed by atoms with E-state index in [1.165, 1.54) is 11.3 Å². The number of carbonyl (C=O) groups is 2. The van der Waals surface area contributed by atoms with Crippen LogP contribution in [0.15, 0.2) is 47.8 Å². The summed E-state index contributed by atoms with van der Waals surface area (Å²) in [6, 6.07) is 13.1. The molecule has 8 heteroatoms. The number of nitrogens with zero attached hydrogens (tertiary/aromatic N) is 1. The summed E-state index contributed by atoms with van der Waals surface area (Å²) in [5.41, 5.74) is 3.23. The van der Waals surface area contributed by atoms with E-state index < -0.39 is 5.97 Å². The Morgan fingerprint density at radius 2 is 1.87 bits per heavy atom. The van der Waals surface area contributed by atoms with Crippen LogP contribution < -0.4 is 14.8 Å².